The molecular weight excluding hydrogens is 479 g/mol. The van der Waals surface area contributed by atoms with Crippen molar-refractivity contribution < 1.29 is 9.53 Å². The first-order valence-electron chi connectivity index (χ1n) is 9.66. The summed E-state index contributed by atoms with van der Waals surface area (Å²) in [6, 6.07) is 13.4. The first-order chi connectivity index (χ1) is 13.5. The number of halogens is 1. The highest BCUT2D eigenvalue weighted by atomic mass is 127. The van der Waals surface area contributed by atoms with E-state index in [1.165, 1.54) is 5.56 Å². The molecule has 2 rings (SSSR count). The molecule has 0 spiro atoms. The van der Waals surface area contributed by atoms with Crippen molar-refractivity contribution >= 4 is 35.8 Å². The second kappa shape index (κ2) is 13.0. The number of nitrogens with one attached hydrogen (secondary N) is 2. The first kappa shape index (κ1) is 24.7. The monoisotopic (exact) mass is 510 g/mol. The summed E-state index contributed by atoms with van der Waals surface area (Å²) in [5.74, 6) is 1.21. The normalized spacial score (nSPS) is 10.8. The lowest BCUT2D eigenvalue weighted by molar-refractivity contribution is 0.100. The molecule has 29 heavy (non-hydrogen) atoms. The van der Waals surface area contributed by atoms with Crippen LogP contribution in [0.4, 0.5) is 0 Å². The molecule has 0 unspecified atom stereocenters. The van der Waals surface area contributed by atoms with Crippen LogP contribution in [0.15, 0.2) is 47.5 Å². The molecule has 4 N–H and O–H groups in total. The van der Waals surface area contributed by atoms with E-state index in [2.05, 4.69) is 47.7 Å². The van der Waals surface area contributed by atoms with Gasteiger partial charge in [-0.05, 0) is 49.6 Å². The van der Waals surface area contributed by atoms with Crippen LogP contribution in [0, 0.1) is 6.92 Å². The van der Waals surface area contributed by atoms with Crippen molar-refractivity contribution in [2.45, 2.75) is 40.3 Å². The highest BCUT2D eigenvalue weighted by Gasteiger charge is 2.06. The Kier molecular flexibility index (Phi) is 11.1. The zero-order valence-electron chi connectivity index (χ0n) is 17.3. The Hall–Kier alpha value is -2.29. The number of primary amides is 1. The summed E-state index contributed by atoms with van der Waals surface area (Å²) in [7, 11) is 0. The maximum Gasteiger partial charge on any atom is 0.248 e. The molecule has 7 heteroatoms. The predicted molar refractivity (Wildman–Crippen MR) is 129 cm³/mol. The molecule has 0 heterocycles. The van der Waals surface area contributed by atoms with Crippen molar-refractivity contribution in [1.82, 2.24) is 10.6 Å². The Bertz CT molecular complexity index is 807. The Morgan fingerprint density at radius 2 is 1.83 bits per heavy atom. The van der Waals surface area contributed by atoms with Crippen LogP contribution in [-0.4, -0.2) is 25.0 Å². The van der Waals surface area contributed by atoms with E-state index in [9.17, 15) is 4.79 Å². The van der Waals surface area contributed by atoms with Crippen molar-refractivity contribution in [1.29, 1.82) is 0 Å². The molecule has 6 nitrogen and oxygen atoms in total. The van der Waals surface area contributed by atoms with Gasteiger partial charge in [0.05, 0.1) is 13.2 Å². The van der Waals surface area contributed by atoms with E-state index in [4.69, 9.17) is 10.5 Å². The van der Waals surface area contributed by atoms with E-state index in [1.807, 2.05) is 19.1 Å². The molecule has 0 radical (unpaired) electrons. The summed E-state index contributed by atoms with van der Waals surface area (Å²) in [5, 5.41) is 6.61. The van der Waals surface area contributed by atoms with Gasteiger partial charge in [-0.1, -0.05) is 31.2 Å². The average molecular weight is 510 g/mol. The van der Waals surface area contributed by atoms with Gasteiger partial charge in [0, 0.05) is 24.2 Å². The van der Waals surface area contributed by atoms with Crippen LogP contribution in [0.5, 0.6) is 5.75 Å². The number of guanidine groups is 1. The minimum atomic E-state index is -0.427. The Balaban J connectivity index is 0.00000420. The number of hydrogen-bond donors (Lipinski definition) is 3. The van der Waals surface area contributed by atoms with E-state index in [0.717, 1.165) is 35.8 Å². The molecule has 0 saturated heterocycles. The fourth-order valence-corrected chi connectivity index (χ4v) is 2.62. The minimum Gasteiger partial charge on any atom is -0.493 e. The zero-order chi connectivity index (χ0) is 20.4. The smallest absolute Gasteiger partial charge is 0.248 e. The van der Waals surface area contributed by atoms with Gasteiger partial charge in [0.1, 0.15) is 5.75 Å². The Morgan fingerprint density at radius 1 is 1.10 bits per heavy atom. The third-order valence-electron chi connectivity index (χ3n) is 4.13. The molecule has 0 aliphatic heterocycles. The number of ether oxygens (including phenoxy) is 1. The maximum atomic E-state index is 11.2. The Labute approximate surface area is 190 Å². The number of nitrogens with two attached hydrogens (primary N) is 1. The number of carbonyl (C=O) groups excluding carboxylic acids is 1. The number of benzene rings is 2. The largest absolute Gasteiger partial charge is 0.493 e. The number of amides is 1. The first-order valence-corrected chi connectivity index (χ1v) is 9.66. The fourth-order valence-electron chi connectivity index (χ4n) is 2.62. The van der Waals surface area contributed by atoms with Gasteiger partial charge in [-0.15, -0.1) is 24.0 Å². The van der Waals surface area contributed by atoms with Crippen molar-refractivity contribution in [3.8, 4) is 5.75 Å². The standard InChI is InChI=1S/C22H30N4O2.HI/c1-4-12-28-20-13-16(3)6-9-19(20)15-26-22(24-5-2)25-14-17-7-10-18(11-8-17)21(23)27;/h6-11,13H,4-5,12,14-15H2,1-3H3,(H2,23,27)(H2,24,25,26);1H. The SMILES string of the molecule is CCCOc1cc(C)ccc1CNC(=NCc1ccc(C(N)=O)cc1)NCC.I. The second-order valence-electron chi connectivity index (χ2n) is 6.57. The molecule has 0 aromatic heterocycles. The molecule has 158 valence electrons. The van der Waals surface area contributed by atoms with Gasteiger partial charge in [-0.2, -0.15) is 0 Å². The molecule has 0 fully saturated rings. The number of hydrogen-bond acceptors (Lipinski definition) is 3. The topological polar surface area (TPSA) is 88.7 Å². The van der Waals surface area contributed by atoms with E-state index in [-0.39, 0.29) is 24.0 Å². The molecule has 0 aliphatic rings. The minimum absolute atomic E-state index is 0. The van der Waals surface area contributed by atoms with Gasteiger partial charge in [-0.3, -0.25) is 4.79 Å². The predicted octanol–water partition coefficient (Wildman–Crippen LogP) is 3.76. The second-order valence-corrected chi connectivity index (χ2v) is 6.57. The summed E-state index contributed by atoms with van der Waals surface area (Å²) in [6.45, 7) is 8.77. The van der Waals surface area contributed by atoms with Crippen LogP contribution in [0.2, 0.25) is 0 Å². The lowest BCUT2D eigenvalue weighted by Gasteiger charge is -2.15. The average Bonchev–Trinajstić information content (AvgIpc) is 2.69. The number of aliphatic imine (C=N–C) groups is 1. The van der Waals surface area contributed by atoms with Crippen LogP contribution < -0.4 is 21.1 Å². The van der Waals surface area contributed by atoms with Crippen LogP contribution in [0.3, 0.4) is 0 Å². The molecular formula is C22H31IN4O2. The van der Waals surface area contributed by atoms with Crippen molar-refractivity contribution in [3.63, 3.8) is 0 Å². The van der Waals surface area contributed by atoms with E-state index in [0.29, 0.717) is 25.3 Å². The summed E-state index contributed by atoms with van der Waals surface area (Å²) in [4.78, 5) is 15.8. The lowest BCUT2D eigenvalue weighted by atomic mass is 10.1. The van der Waals surface area contributed by atoms with E-state index in [1.54, 1.807) is 12.1 Å². The summed E-state index contributed by atoms with van der Waals surface area (Å²) >= 11 is 0. The van der Waals surface area contributed by atoms with Gasteiger partial charge in [0.2, 0.25) is 5.91 Å². The van der Waals surface area contributed by atoms with Gasteiger partial charge >= 0.3 is 0 Å². The zero-order valence-corrected chi connectivity index (χ0v) is 19.7. The maximum absolute atomic E-state index is 11.2. The number of carbonyl (C=O) groups is 1. The number of aryl methyl sites for hydroxylation is 1. The van der Waals surface area contributed by atoms with Crippen LogP contribution in [0.1, 0.15) is 47.3 Å². The van der Waals surface area contributed by atoms with E-state index >= 15 is 0 Å². The summed E-state index contributed by atoms with van der Waals surface area (Å²) in [5.41, 5.74) is 9.05. The molecule has 1 amide bonds. The van der Waals surface area contributed by atoms with Crippen LogP contribution in [0.25, 0.3) is 0 Å². The fraction of sp³-hybridized carbons (Fsp3) is 0.364. The molecule has 0 saturated carbocycles. The van der Waals surface area contributed by atoms with E-state index < -0.39 is 5.91 Å². The quantitative estimate of drug-likeness (QED) is 0.272. The number of rotatable bonds is 9. The molecule has 0 aliphatic carbocycles. The Morgan fingerprint density at radius 3 is 2.45 bits per heavy atom. The third kappa shape index (κ3) is 8.31. The van der Waals surface area contributed by atoms with Gasteiger partial charge in [-0.25, -0.2) is 4.99 Å². The summed E-state index contributed by atoms with van der Waals surface area (Å²) in [6.07, 6.45) is 0.972. The third-order valence-corrected chi connectivity index (χ3v) is 4.13. The molecule has 2 aromatic rings. The molecule has 0 atom stereocenters. The van der Waals surface area contributed by atoms with Gasteiger partial charge < -0.3 is 21.1 Å². The highest BCUT2D eigenvalue weighted by molar-refractivity contribution is 14.0. The number of nitrogens with zero attached hydrogens (tertiary/aromatic N) is 1. The van der Waals surface area contributed by atoms with Gasteiger partial charge in [0.25, 0.3) is 0 Å². The summed E-state index contributed by atoms with van der Waals surface area (Å²) < 4.78 is 5.88. The van der Waals surface area contributed by atoms with Gasteiger partial charge in [0.15, 0.2) is 5.96 Å². The van der Waals surface area contributed by atoms with Crippen molar-refractivity contribution in [2.24, 2.45) is 10.7 Å². The molecule has 0 bridgehead atoms. The van der Waals surface area contributed by atoms with Crippen LogP contribution in [-0.2, 0) is 13.1 Å². The van der Waals surface area contributed by atoms with Crippen LogP contribution >= 0.6 is 24.0 Å². The lowest BCUT2D eigenvalue weighted by Crippen LogP contribution is -2.36. The van der Waals surface area contributed by atoms with Crippen molar-refractivity contribution in [3.05, 3.63) is 64.7 Å². The highest BCUT2D eigenvalue weighted by Crippen LogP contribution is 2.20. The van der Waals surface area contributed by atoms with Crippen molar-refractivity contribution in [2.75, 3.05) is 13.2 Å². The molecule has 2 aromatic carbocycles.